The number of imidazole rings is 1. The largest absolute Gasteiger partial charge is 0.444 e. The molecule has 1 unspecified atom stereocenters. The molecule has 264 valence electrons. The van der Waals surface area contributed by atoms with E-state index in [0.717, 1.165) is 6.04 Å². The van der Waals surface area contributed by atoms with Crippen molar-refractivity contribution < 1.29 is 28.6 Å². The van der Waals surface area contributed by atoms with Crippen LogP contribution < -0.4 is 10.6 Å². The first kappa shape index (κ1) is 36.9. The Kier molecular flexibility index (Phi) is 11.0. The lowest BCUT2D eigenvalue weighted by Gasteiger charge is -2.27. The topological polar surface area (TPSA) is 128 Å². The van der Waals surface area contributed by atoms with E-state index in [9.17, 15) is 19.1 Å². The highest BCUT2D eigenvalue weighted by molar-refractivity contribution is 6.76. The molecule has 2 aromatic heterocycles. The normalized spacial score (nSPS) is 17.2. The van der Waals surface area contributed by atoms with Crippen molar-refractivity contribution in [3.8, 4) is 22.4 Å². The molecule has 13 heteroatoms. The Hall–Kier alpha value is -4.36. The Morgan fingerprint density at radius 3 is 2.60 bits per heavy atom. The number of fused-ring (bicyclic) bond motifs is 4. The Morgan fingerprint density at radius 2 is 1.90 bits per heavy atom. The summed E-state index contributed by atoms with van der Waals surface area (Å²) in [5.41, 5.74) is 0.576. The van der Waals surface area contributed by atoms with Gasteiger partial charge in [-0.05, 0) is 69.3 Å². The molecule has 5 rings (SSSR count). The predicted molar refractivity (Wildman–Crippen MR) is 196 cm³/mol. The van der Waals surface area contributed by atoms with Gasteiger partial charge in [-0.2, -0.15) is 0 Å². The molecule has 1 aliphatic heterocycles. The van der Waals surface area contributed by atoms with Crippen molar-refractivity contribution in [1.29, 1.82) is 0 Å². The molecule has 1 atom stereocenters. The Labute approximate surface area is 297 Å². The maximum atomic E-state index is 14.6. The van der Waals surface area contributed by atoms with E-state index in [-0.39, 0.29) is 37.0 Å². The van der Waals surface area contributed by atoms with Gasteiger partial charge in [0.15, 0.2) is 5.60 Å². The number of hydrogen-bond donors (Lipinski definition) is 3. The average Bonchev–Trinajstić information content (AvgIpc) is 3.46. The summed E-state index contributed by atoms with van der Waals surface area (Å²) in [5.74, 6) is -0.559. The minimum atomic E-state index is -1.79. The number of nitrogens with zero attached hydrogens (tertiary/aromatic N) is 3. The van der Waals surface area contributed by atoms with Gasteiger partial charge in [-0.1, -0.05) is 49.5 Å². The van der Waals surface area contributed by atoms with Crippen LogP contribution in [0.4, 0.5) is 20.6 Å². The van der Waals surface area contributed by atoms with Crippen LogP contribution >= 0.6 is 11.6 Å². The number of carbonyl (C=O) groups excluding carboxylic acids is 2. The summed E-state index contributed by atoms with van der Waals surface area (Å²) in [7, 11) is -1.38. The molecule has 0 aliphatic carbocycles. The minimum absolute atomic E-state index is 0.0244. The van der Waals surface area contributed by atoms with Gasteiger partial charge in [0.1, 0.15) is 24.0 Å². The number of anilines is 2. The van der Waals surface area contributed by atoms with E-state index in [1.54, 1.807) is 80.2 Å². The lowest BCUT2D eigenvalue weighted by atomic mass is 9.92. The number of amides is 2. The third-order valence-electron chi connectivity index (χ3n) is 7.90. The van der Waals surface area contributed by atoms with Gasteiger partial charge in [0, 0.05) is 61.6 Å². The van der Waals surface area contributed by atoms with Crippen LogP contribution in [0.15, 0.2) is 73.1 Å². The van der Waals surface area contributed by atoms with E-state index in [1.165, 1.54) is 18.2 Å². The van der Waals surface area contributed by atoms with Gasteiger partial charge >= 0.3 is 6.09 Å². The number of halogens is 2. The third kappa shape index (κ3) is 9.24. The molecule has 1 aliphatic rings. The molecule has 4 aromatic rings. The maximum absolute atomic E-state index is 14.6. The molecular weight excluding hydrogens is 677 g/mol. The molecule has 0 saturated heterocycles. The highest BCUT2D eigenvalue weighted by atomic mass is 35.5. The van der Waals surface area contributed by atoms with Crippen molar-refractivity contribution in [2.45, 2.75) is 77.2 Å². The molecule has 0 radical (unpaired) electrons. The van der Waals surface area contributed by atoms with Gasteiger partial charge in [0.25, 0.3) is 0 Å². The first-order chi connectivity index (χ1) is 23.5. The molecule has 2 bridgehead atoms. The number of aliphatic hydroxyl groups is 1. The summed E-state index contributed by atoms with van der Waals surface area (Å²) in [6.07, 6.45) is 6.09. The second-order valence-corrected chi connectivity index (χ2v) is 20.6. The van der Waals surface area contributed by atoms with Gasteiger partial charge < -0.3 is 24.5 Å². The second kappa shape index (κ2) is 14.9. The summed E-state index contributed by atoms with van der Waals surface area (Å²) in [4.78, 5) is 35.0. The number of nitrogens with one attached hydrogen (secondary N) is 2. The van der Waals surface area contributed by atoms with Crippen LogP contribution in [0.3, 0.4) is 0 Å². The summed E-state index contributed by atoms with van der Waals surface area (Å²) < 4.78 is 27.8. The summed E-state index contributed by atoms with van der Waals surface area (Å²) in [5, 5.41) is 18.7. The molecule has 2 amide bonds. The van der Waals surface area contributed by atoms with Crippen molar-refractivity contribution in [1.82, 2.24) is 14.5 Å². The Morgan fingerprint density at radius 1 is 1.12 bits per heavy atom. The van der Waals surface area contributed by atoms with Gasteiger partial charge in [0.2, 0.25) is 5.91 Å². The molecule has 50 heavy (non-hydrogen) atoms. The molecule has 3 heterocycles. The van der Waals surface area contributed by atoms with Crippen molar-refractivity contribution >= 4 is 43.1 Å². The summed E-state index contributed by atoms with van der Waals surface area (Å²) in [6.45, 7) is 12.7. The number of ether oxygens (including phenoxy) is 2. The number of aromatic nitrogens is 3. The number of rotatable bonds is 8. The molecule has 3 N–H and O–H groups in total. The van der Waals surface area contributed by atoms with Crippen LogP contribution in [0.1, 0.15) is 45.1 Å². The smallest absolute Gasteiger partial charge is 0.412 e. The zero-order chi connectivity index (χ0) is 36.3. The molecule has 10 nitrogen and oxygen atoms in total. The number of benzene rings is 2. The quantitative estimate of drug-likeness (QED) is 0.0946. The van der Waals surface area contributed by atoms with Crippen LogP contribution in [0.25, 0.3) is 22.4 Å². The highest BCUT2D eigenvalue weighted by Gasteiger charge is 2.38. The van der Waals surface area contributed by atoms with Gasteiger partial charge in [-0.3, -0.25) is 15.1 Å². The van der Waals surface area contributed by atoms with E-state index in [2.05, 4.69) is 30.3 Å². The SMILES string of the molecule is CC(C)(C)OC(=O)Nc1ccc(Cl)cc1-c1ccc(C2(O)C/C=C/CC(=O)Nc3ccc(F)cc3-c3cn(COCC[Si](C)(C)C)c2n3)nc1. The van der Waals surface area contributed by atoms with Crippen LogP contribution in [-0.2, 0) is 26.6 Å². The van der Waals surface area contributed by atoms with Gasteiger partial charge in [-0.25, -0.2) is 14.2 Å². The second-order valence-electron chi connectivity index (χ2n) is 14.5. The molecule has 0 saturated carbocycles. The first-order valence-corrected chi connectivity index (χ1v) is 20.5. The number of pyridine rings is 1. The zero-order valence-electron chi connectivity index (χ0n) is 29.1. The van der Waals surface area contributed by atoms with Gasteiger partial charge in [-0.15, -0.1) is 0 Å². The summed E-state index contributed by atoms with van der Waals surface area (Å²) >= 11 is 6.36. The lowest BCUT2D eigenvalue weighted by Crippen LogP contribution is -2.32. The fourth-order valence-electron chi connectivity index (χ4n) is 5.38. The Balaban J connectivity index is 1.58. The molecule has 0 spiro atoms. The number of carbonyl (C=O) groups is 2. The zero-order valence-corrected chi connectivity index (χ0v) is 30.9. The van der Waals surface area contributed by atoms with E-state index in [4.69, 9.17) is 31.0 Å². The lowest BCUT2D eigenvalue weighted by molar-refractivity contribution is -0.115. The Bertz CT molecular complexity index is 1900. The fraction of sp³-hybridized carbons (Fsp3) is 0.351. The standard InChI is InChI=1S/C37H43ClFN5O5Si/c1-36(2,3)49-35(46)43-29-13-11-25(38)19-27(29)24-10-15-32(40-21-24)37(47)16-8-7-9-33(45)41-30-14-12-26(39)20-28(30)31-22-44(34(37)42-31)23-48-17-18-50(4,5)6/h7-8,10-15,19-22,47H,9,16-18,23H2,1-6H3,(H,41,45)(H,43,46)/b8-7+. The van der Waals surface area contributed by atoms with Crippen molar-refractivity contribution in [2.24, 2.45) is 0 Å². The van der Waals surface area contributed by atoms with Crippen molar-refractivity contribution in [3.63, 3.8) is 0 Å². The maximum Gasteiger partial charge on any atom is 0.412 e. The minimum Gasteiger partial charge on any atom is -0.444 e. The molecular formula is C37H43ClFN5O5Si. The van der Waals surface area contributed by atoms with Crippen LogP contribution in [0.2, 0.25) is 30.7 Å². The fourth-order valence-corrected chi connectivity index (χ4v) is 6.31. The highest BCUT2D eigenvalue weighted by Crippen LogP contribution is 2.38. The molecule has 2 aromatic carbocycles. The van der Waals surface area contributed by atoms with Crippen molar-refractivity contribution in [3.05, 3.63) is 95.4 Å². The van der Waals surface area contributed by atoms with Gasteiger partial charge in [0.05, 0.1) is 22.8 Å². The summed E-state index contributed by atoms with van der Waals surface area (Å²) in [6, 6.07) is 13.5. The van der Waals surface area contributed by atoms with Crippen LogP contribution in [0.5, 0.6) is 0 Å². The molecule has 0 fully saturated rings. The number of hydrogen-bond acceptors (Lipinski definition) is 7. The van der Waals surface area contributed by atoms with E-state index >= 15 is 0 Å². The van der Waals surface area contributed by atoms with Crippen molar-refractivity contribution in [2.75, 3.05) is 17.2 Å². The average molecular weight is 720 g/mol. The monoisotopic (exact) mass is 719 g/mol. The van der Waals surface area contributed by atoms with Crippen LogP contribution in [0, 0.1) is 5.82 Å². The van der Waals surface area contributed by atoms with E-state index in [1.807, 2.05) is 0 Å². The predicted octanol–water partition coefficient (Wildman–Crippen LogP) is 8.59. The van der Waals surface area contributed by atoms with E-state index < -0.39 is 31.2 Å². The van der Waals surface area contributed by atoms with Crippen LogP contribution in [-0.4, -0.2) is 51.9 Å². The first-order valence-electron chi connectivity index (χ1n) is 16.4. The van der Waals surface area contributed by atoms with E-state index in [0.29, 0.717) is 45.4 Å². The third-order valence-corrected chi connectivity index (χ3v) is 9.84.